The molecule has 0 unspecified atom stereocenters. The number of hydrogen-bond acceptors (Lipinski definition) is 4. The van der Waals surface area contributed by atoms with Crippen LogP contribution in [0.15, 0.2) is 64.4 Å². The molecule has 1 heterocycles. The second-order valence-corrected chi connectivity index (χ2v) is 10.5. The van der Waals surface area contributed by atoms with E-state index < -0.39 is 0 Å². The summed E-state index contributed by atoms with van der Waals surface area (Å²) < 4.78 is 0. The lowest BCUT2D eigenvalue weighted by Gasteiger charge is -2.22. The molecule has 160 valence electrons. The molecule has 0 saturated heterocycles. The van der Waals surface area contributed by atoms with Crippen LogP contribution in [0.25, 0.3) is 16.7 Å². The quantitative estimate of drug-likeness (QED) is 0.378. The van der Waals surface area contributed by atoms with Crippen LogP contribution in [0.1, 0.15) is 57.2 Å². The van der Waals surface area contributed by atoms with Crippen LogP contribution in [-0.4, -0.2) is 20.1 Å². The monoisotopic (exact) mass is 431 g/mol. The number of rotatable bonds is 4. The molecular weight excluding hydrogens is 402 g/mol. The molecule has 0 aliphatic heterocycles. The molecule has 0 saturated carbocycles. The number of aromatic hydroxyl groups is 1. The standard InChI is InChI=1S/C26H29N3OS/c1-16(2)18-7-9-19(10-8-18)31-20-11-12-22-23(15-20)28-29(27-22)24-14-17(3)13-21(25(24)30)26(4,5)6/h7-16,30H,1-6H3. The molecule has 0 spiro atoms. The molecule has 4 rings (SSSR count). The summed E-state index contributed by atoms with van der Waals surface area (Å²) in [6.45, 7) is 12.7. The van der Waals surface area contributed by atoms with E-state index >= 15 is 0 Å². The third kappa shape index (κ3) is 4.47. The lowest BCUT2D eigenvalue weighted by atomic mass is 9.85. The largest absolute Gasteiger partial charge is 0.505 e. The second kappa shape index (κ2) is 8.04. The molecule has 0 amide bonds. The SMILES string of the molecule is Cc1cc(-n2nc3ccc(Sc4ccc(C(C)C)cc4)cc3n2)c(O)c(C(C)(C)C)c1. The van der Waals surface area contributed by atoms with Gasteiger partial charge in [0.25, 0.3) is 0 Å². The summed E-state index contributed by atoms with van der Waals surface area (Å²) in [5.74, 6) is 0.764. The van der Waals surface area contributed by atoms with Crippen LogP contribution in [0.4, 0.5) is 0 Å². The lowest BCUT2D eigenvalue weighted by molar-refractivity contribution is 0.440. The normalized spacial score (nSPS) is 12.1. The fourth-order valence-electron chi connectivity index (χ4n) is 3.61. The number of nitrogens with zero attached hydrogens (tertiary/aromatic N) is 3. The van der Waals surface area contributed by atoms with E-state index in [0.29, 0.717) is 11.6 Å². The van der Waals surface area contributed by atoms with Crippen molar-refractivity contribution >= 4 is 22.8 Å². The van der Waals surface area contributed by atoms with Gasteiger partial charge in [-0.1, -0.05) is 64.6 Å². The topological polar surface area (TPSA) is 50.9 Å². The molecule has 3 aromatic carbocycles. The zero-order valence-corrected chi connectivity index (χ0v) is 19.8. The Kier molecular flexibility index (Phi) is 5.56. The predicted molar refractivity (Wildman–Crippen MR) is 129 cm³/mol. The van der Waals surface area contributed by atoms with E-state index in [9.17, 15) is 5.11 Å². The van der Waals surface area contributed by atoms with E-state index in [-0.39, 0.29) is 11.2 Å². The highest BCUT2D eigenvalue weighted by molar-refractivity contribution is 7.99. The van der Waals surface area contributed by atoms with Crippen molar-refractivity contribution in [3.63, 3.8) is 0 Å². The molecule has 5 heteroatoms. The summed E-state index contributed by atoms with van der Waals surface area (Å²) in [5.41, 5.74) is 5.35. The maximum Gasteiger partial charge on any atom is 0.146 e. The van der Waals surface area contributed by atoms with E-state index in [0.717, 1.165) is 27.1 Å². The zero-order chi connectivity index (χ0) is 22.3. The van der Waals surface area contributed by atoms with Gasteiger partial charge in [0.2, 0.25) is 0 Å². The first-order valence-electron chi connectivity index (χ1n) is 10.6. The van der Waals surface area contributed by atoms with Gasteiger partial charge in [0.15, 0.2) is 0 Å². The summed E-state index contributed by atoms with van der Waals surface area (Å²) >= 11 is 1.71. The van der Waals surface area contributed by atoms with Crippen LogP contribution in [-0.2, 0) is 5.41 Å². The van der Waals surface area contributed by atoms with Crippen LogP contribution in [0.2, 0.25) is 0 Å². The minimum absolute atomic E-state index is 0.174. The summed E-state index contributed by atoms with van der Waals surface area (Å²) in [4.78, 5) is 3.86. The van der Waals surface area contributed by atoms with Gasteiger partial charge in [-0.05, 0) is 65.8 Å². The fraction of sp³-hybridized carbons (Fsp3) is 0.308. The summed E-state index contributed by atoms with van der Waals surface area (Å²) in [6, 6.07) is 18.8. The first kappa shape index (κ1) is 21.4. The van der Waals surface area contributed by atoms with E-state index in [1.807, 2.05) is 25.1 Å². The molecule has 0 aliphatic carbocycles. The smallest absolute Gasteiger partial charge is 0.146 e. The van der Waals surface area contributed by atoms with Crippen molar-refractivity contribution in [2.45, 2.75) is 62.7 Å². The van der Waals surface area contributed by atoms with Gasteiger partial charge < -0.3 is 5.11 Å². The second-order valence-electron chi connectivity index (χ2n) is 9.40. The minimum atomic E-state index is -0.174. The number of aromatic nitrogens is 3. The molecule has 4 nitrogen and oxygen atoms in total. The van der Waals surface area contributed by atoms with Gasteiger partial charge in [0, 0.05) is 15.4 Å². The van der Waals surface area contributed by atoms with E-state index in [1.54, 1.807) is 16.6 Å². The number of aryl methyl sites for hydroxylation is 1. The maximum atomic E-state index is 10.9. The first-order chi connectivity index (χ1) is 14.6. The van der Waals surface area contributed by atoms with Crippen LogP contribution in [0, 0.1) is 6.92 Å². The van der Waals surface area contributed by atoms with Gasteiger partial charge >= 0.3 is 0 Å². The fourth-order valence-corrected chi connectivity index (χ4v) is 4.46. The van der Waals surface area contributed by atoms with Crippen LogP contribution >= 0.6 is 11.8 Å². The van der Waals surface area contributed by atoms with Gasteiger partial charge in [-0.15, -0.1) is 15.0 Å². The number of benzene rings is 3. The summed E-state index contributed by atoms with van der Waals surface area (Å²) in [7, 11) is 0. The van der Waals surface area contributed by atoms with Crippen molar-refractivity contribution < 1.29 is 5.11 Å². The molecule has 0 bridgehead atoms. The predicted octanol–water partition coefficient (Wildman–Crippen LogP) is 7.01. The lowest BCUT2D eigenvalue weighted by Crippen LogP contribution is -2.13. The van der Waals surface area contributed by atoms with Crippen molar-refractivity contribution in [1.29, 1.82) is 0 Å². The molecule has 0 atom stereocenters. The highest BCUT2D eigenvalue weighted by Crippen LogP contribution is 2.36. The highest BCUT2D eigenvalue weighted by Gasteiger charge is 2.22. The van der Waals surface area contributed by atoms with Crippen molar-refractivity contribution in [3.8, 4) is 11.4 Å². The van der Waals surface area contributed by atoms with Crippen molar-refractivity contribution in [2.24, 2.45) is 0 Å². The van der Waals surface area contributed by atoms with E-state index in [4.69, 9.17) is 0 Å². The van der Waals surface area contributed by atoms with Crippen LogP contribution in [0.5, 0.6) is 5.75 Å². The summed E-state index contributed by atoms with van der Waals surface area (Å²) in [6.07, 6.45) is 0. The number of phenols is 1. The zero-order valence-electron chi connectivity index (χ0n) is 19.0. The van der Waals surface area contributed by atoms with Gasteiger partial charge in [-0.3, -0.25) is 0 Å². The average molecular weight is 432 g/mol. The Morgan fingerprint density at radius 1 is 0.871 bits per heavy atom. The Morgan fingerprint density at radius 3 is 2.16 bits per heavy atom. The van der Waals surface area contributed by atoms with E-state index in [1.165, 1.54) is 10.5 Å². The van der Waals surface area contributed by atoms with E-state index in [2.05, 4.69) is 81.2 Å². The molecule has 0 radical (unpaired) electrons. The Balaban J connectivity index is 1.68. The Hall–Kier alpha value is -2.79. The minimum Gasteiger partial charge on any atom is -0.505 e. The molecule has 1 N–H and O–H groups in total. The average Bonchev–Trinajstić information content (AvgIpc) is 3.12. The Bertz CT molecular complexity index is 1230. The maximum absolute atomic E-state index is 10.9. The molecular formula is C26H29N3OS. The number of phenolic OH excluding ortho intramolecular Hbond substituents is 1. The van der Waals surface area contributed by atoms with Gasteiger partial charge in [0.05, 0.1) is 0 Å². The third-order valence-corrected chi connectivity index (χ3v) is 6.39. The van der Waals surface area contributed by atoms with Gasteiger partial charge in [0.1, 0.15) is 22.5 Å². The highest BCUT2D eigenvalue weighted by atomic mass is 32.2. The number of hydrogen-bond donors (Lipinski definition) is 1. The summed E-state index contributed by atoms with van der Waals surface area (Å²) in [5, 5.41) is 20.2. The van der Waals surface area contributed by atoms with Crippen LogP contribution < -0.4 is 0 Å². The molecule has 31 heavy (non-hydrogen) atoms. The van der Waals surface area contributed by atoms with Crippen molar-refractivity contribution in [1.82, 2.24) is 15.0 Å². The Labute approximate surface area is 188 Å². The number of fused-ring (bicyclic) bond motifs is 1. The third-order valence-electron chi connectivity index (χ3n) is 5.39. The van der Waals surface area contributed by atoms with Gasteiger partial charge in [-0.2, -0.15) is 0 Å². The molecule has 1 aromatic heterocycles. The Morgan fingerprint density at radius 2 is 1.52 bits per heavy atom. The molecule has 0 aliphatic rings. The molecule has 0 fully saturated rings. The van der Waals surface area contributed by atoms with Crippen molar-refractivity contribution in [2.75, 3.05) is 0 Å². The van der Waals surface area contributed by atoms with Crippen molar-refractivity contribution in [3.05, 3.63) is 71.3 Å². The molecule has 4 aromatic rings. The first-order valence-corrected chi connectivity index (χ1v) is 11.4. The van der Waals surface area contributed by atoms with Crippen LogP contribution in [0.3, 0.4) is 0 Å². The van der Waals surface area contributed by atoms with Gasteiger partial charge in [-0.25, -0.2) is 0 Å².